The molecule has 1 rings (SSSR count). The van der Waals surface area contributed by atoms with Crippen molar-refractivity contribution in [2.24, 2.45) is 0 Å². The van der Waals surface area contributed by atoms with Crippen LogP contribution in [0.25, 0.3) is 0 Å². The average molecular weight is 250 g/mol. The number of nitrogens with zero attached hydrogens (tertiary/aromatic N) is 1. The largest absolute Gasteiger partial charge is 0.496 e. The van der Waals surface area contributed by atoms with Gasteiger partial charge in [0.1, 0.15) is 5.75 Å². The Hall–Kier alpha value is -1.06. The number of benzene rings is 1. The quantitative estimate of drug-likeness (QED) is 0.718. The highest BCUT2D eigenvalue weighted by Crippen LogP contribution is 2.19. The summed E-state index contributed by atoms with van der Waals surface area (Å²) in [4.78, 5) is 2.35. The van der Waals surface area contributed by atoms with Crippen LogP contribution in [0, 0.1) is 0 Å². The minimum atomic E-state index is 0.515. The van der Waals surface area contributed by atoms with Crippen LogP contribution in [-0.2, 0) is 6.54 Å². The summed E-state index contributed by atoms with van der Waals surface area (Å²) in [6.45, 7) is 7.47. The third-order valence-corrected chi connectivity index (χ3v) is 3.23. The second-order valence-corrected chi connectivity index (χ2v) is 4.78. The van der Waals surface area contributed by atoms with Gasteiger partial charge in [0, 0.05) is 24.7 Å². The Balaban J connectivity index is 2.50. The molecule has 3 nitrogen and oxygen atoms in total. The molecule has 0 aliphatic heterocycles. The van der Waals surface area contributed by atoms with E-state index in [1.165, 1.54) is 12.0 Å². The molecule has 0 heterocycles. The third kappa shape index (κ3) is 4.67. The molecular weight excluding hydrogens is 224 g/mol. The Morgan fingerprint density at radius 3 is 2.72 bits per heavy atom. The number of rotatable bonds is 8. The number of ether oxygens (including phenoxy) is 1. The highest BCUT2D eigenvalue weighted by atomic mass is 16.5. The van der Waals surface area contributed by atoms with Crippen molar-refractivity contribution in [3.05, 3.63) is 29.8 Å². The molecule has 102 valence electrons. The lowest BCUT2D eigenvalue weighted by molar-refractivity contribution is 0.239. The van der Waals surface area contributed by atoms with E-state index in [-0.39, 0.29) is 0 Å². The lowest BCUT2D eigenvalue weighted by Crippen LogP contribution is -2.37. The molecule has 0 aliphatic rings. The fourth-order valence-corrected chi connectivity index (χ4v) is 1.90. The monoisotopic (exact) mass is 250 g/mol. The van der Waals surface area contributed by atoms with Gasteiger partial charge in [-0.15, -0.1) is 0 Å². The predicted molar refractivity (Wildman–Crippen MR) is 77.1 cm³/mol. The van der Waals surface area contributed by atoms with E-state index >= 15 is 0 Å². The van der Waals surface area contributed by atoms with Crippen molar-refractivity contribution in [2.75, 3.05) is 27.2 Å². The molecule has 1 N–H and O–H groups in total. The Bertz CT molecular complexity index is 341. The smallest absolute Gasteiger partial charge is 0.123 e. The summed E-state index contributed by atoms with van der Waals surface area (Å²) in [5, 5.41) is 3.46. The molecule has 0 bridgehead atoms. The molecule has 0 saturated carbocycles. The summed E-state index contributed by atoms with van der Waals surface area (Å²) >= 11 is 0. The van der Waals surface area contributed by atoms with Crippen LogP contribution in [0.15, 0.2) is 24.3 Å². The van der Waals surface area contributed by atoms with Gasteiger partial charge in [-0.1, -0.05) is 25.1 Å². The van der Waals surface area contributed by atoms with E-state index in [0.717, 1.165) is 25.4 Å². The summed E-state index contributed by atoms with van der Waals surface area (Å²) < 4.78 is 5.38. The number of para-hydroxylation sites is 1. The van der Waals surface area contributed by atoms with Gasteiger partial charge in [-0.2, -0.15) is 0 Å². The van der Waals surface area contributed by atoms with Crippen LogP contribution in [-0.4, -0.2) is 38.2 Å². The van der Waals surface area contributed by atoms with Crippen molar-refractivity contribution >= 4 is 0 Å². The van der Waals surface area contributed by atoms with E-state index in [1.54, 1.807) is 7.11 Å². The molecule has 0 amide bonds. The number of likely N-dealkylation sites (N-methyl/N-ethyl adjacent to an activating group) is 1. The molecular formula is C15H26N2O. The summed E-state index contributed by atoms with van der Waals surface area (Å²) in [5.74, 6) is 0.970. The predicted octanol–water partition coefficient (Wildman–Crippen LogP) is 2.52. The Morgan fingerprint density at radius 2 is 2.06 bits per heavy atom. The summed E-state index contributed by atoms with van der Waals surface area (Å²) in [6.07, 6.45) is 1.18. The third-order valence-electron chi connectivity index (χ3n) is 3.23. The first-order valence-corrected chi connectivity index (χ1v) is 6.71. The van der Waals surface area contributed by atoms with Crippen LogP contribution in [0.3, 0.4) is 0 Å². The Morgan fingerprint density at radius 1 is 1.33 bits per heavy atom. The first-order chi connectivity index (χ1) is 8.69. The fraction of sp³-hybridized carbons (Fsp3) is 0.600. The maximum Gasteiger partial charge on any atom is 0.123 e. The molecule has 1 unspecified atom stereocenters. The van der Waals surface area contributed by atoms with Crippen LogP contribution in [0.1, 0.15) is 25.8 Å². The summed E-state index contributed by atoms with van der Waals surface area (Å²) in [6, 6.07) is 8.73. The Kier molecular flexibility index (Phi) is 6.76. The van der Waals surface area contributed by atoms with Gasteiger partial charge in [0.2, 0.25) is 0 Å². The maximum atomic E-state index is 5.38. The summed E-state index contributed by atoms with van der Waals surface area (Å²) in [5.41, 5.74) is 1.24. The minimum Gasteiger partial charge on any atom is -0.496 e. The molecule has 18 heavy (non-hydrogen) atoms. The average Bonchev–Trinajstić information content (AvgIpc) is 2.39. The molecule has 0 spiro atoms. The zero-order chi connectivity index (χ0) is 13.4. The number of hydrogen-bond donors (Lipinski definition) is 1. The molecule has 0 aliphatic carbocycles. The van der Waals surface area contributed by atoms with E-state index in [1.807, 2.05) is 12.1 Å². The fourth-order valence-electron chi connectivity index (χ4n) is 1.90. The highest BCUT2D eigenvalue weighted by Gasteiger charge is 2.11. The van der Waals surface area contributed by atoms with Gasteiger partial charge < -0.3 is 10.1 Å². The van der Waals surface area contributed by atoms with Crippen molar-refractivity contribution in [3.63, 3.8) is 0 Å². The van der Waals surface area contributed by atoms with Crippen molar-refractivity contribution in [1.82, 2.24) is 10.2 Å². The number of nitrogens with one attached hydrogen (secondary N) is 1. The number of methoxy groups -OCH3 is 1. The SMILES string of the molecule is CCCNCC(C)N(C)Cc1ccccc1OC. The van der Waals surface area contributed by atoms with E-state index in [2.05, 4.69) is 43.2 Å². The van der Waals surface area contributed by atoms with Gasteiger partial charge in [-0.25, -0.2) is 0 Å². The first-order valence-electron chi connectivity index (χ1n) is 6.71. The summed E-state index contributed by atoms with van der Waals surface area (Å²) in [7, 11) is 3.88. The van der Waals surface area contributed by atoms with E-state index in [0.29, 0.717) is 6.04 Å². The van der Waals surface area contributed by atoms with Crippen molar-refractivity contribution in [2.45, 2.75) is 32.9 Å². The normalized spacial score (nSPS) is 12.7. The zero-order valence-electron chi connectivity index (χ0n) is 12.1. The van der Waals surface area contributed by atoms with Gasteiger partial charge >= 0.3 is 0 Å². The van der Waals surface area contributed by atoms with Crippen LogP contribution < -0.4 is 10.1 Å². The molecule has 0 aromatic heterocycles. The van der Waals surface area contributed by atoms with Crippen LogP contribution >= 0.6 is 0 Å². The number of hydrogen-bond acceptors (Lipinski definition) is 3. The lowest BCUT2D eigenvalue weighted by atomic mass is 10.1. The Labute approximate surface area is 111 Å². The van der Waals surface area contributed by atoms with E-state index in [4.69, 9.17) is 4.74 Å². The lowest BCUT2D eigenvalue weighted by Gasteiger charge is -2.25. The van der Waals surface area contributed by atoms with Crippen LogP contribution in [0.5, 0.6) is 5.75 Å². The second kappa shape index (κ2) is 8.11. The standard InChI is InChI=1S/C15H26N2O/c1-5-10-16-11-13(2)17(3)12-14-8-6-7-9-15(14)18-4/h6-9,13,16H,5,10-12H2,1-4H3. The molecule has 1 aromatic rings. The molecule has 3 heteroatoms. The molecule has 0 saturated heterocycles. The molecule has 1 atom stereocenters. The first kappa shape index (κ1) is 15.0. The zero-order valence-corrected chi connectivity index (χ0v) is 12.1. The maximum absolute atomic E-state index is 5.38. The highest BCUT2D eigenvalue weighted by molar-refractivity contribution is 5.33. The van der Waals surface area contributed by atoms with Gasteiger partial charge in [-0.05, 0) is 33.0 Å². The van der Waals surface area contributed by atoms with Crippen LogP contribution in [0.4, 0.5) is 0 Å². The molecule has 0 fully saturated rings. The van der Waals surface area contributed by atoms with Crippen molar-refractivity contribution < 1.29 is 4.74 Å². The van der Waals surface area contributed by atoms with Gasteiger partial charge in [0.05, 0.1) is 7.11 Å². The van der Waals surface area contributed by atoms with E-state index in [9.17, 15) is 0 Å². The van der Waals surface area contributed by atoms with Crippen molar-refractivity contribution in [3.8, 4) is 5.75 Å². The molecule has 1 aromatic carbocycles. The van der Waals surface area contributed by atoms with Gasteiger partial charge in [-0.3, -0.25) is 4.90 Å². The van der Waals surface area contributed by atoms with Crippen molar-refractivity contribution in [1.29, 1.82) is 0 Å². The van der Waals surface area contributed by atoms with E-state index < -0.39 is 0 Å². The minimum absolute atomic E-state index is 0.515. The van der Waals surface area contributed by atoms with Gasteiger partial charge in [0.25, 0.3) is 0 Å². The topological polar surface area (TPSA) is 24.5 Å². The van der Waals surface area contributed by atoms with Gasteiger partial charge in [0.15, 0.2) is 0 Å². The second-order valence-electron chi connectivity index (χ2n) is 4.78. The van der Waals surface area contributed by atoms with Crippen LogP contribution in [0.2, 0.25) is 0 Å². The molecule has 0 radical (unpaired) electrons.